The Balaban J connectivity index is 2.19. The van der Waals surface area contributed by atoms with Crippen LogP contribution >= 0.6 is 0 Å². The molecule has 1 aliphatic heterocycles. The van der Waals surface area contributed by atoms with Crippen molar-refractivity contribution in [2.75, 3.05) is 39.8 Å². The van der Waals surface area contributed by atoms with E-state index in [1.54, 1.807) is 0 Å². The molecule has 0 saturated carbocycles. The van der Waals surface area contributed by atoms with Crippen LogP contribution in [0.4, 0.5) is 0 Å². The minimum absolute atomic E-state index is 0.319. The maximum absolute atomic E-state index is 8.83. The molecule has 0 aromatic heterocycles. The summed E-state index contributed by atoms with van der Waals surface area (Å²) in [5.41, 5.74) is 0. The van der Waals surface area contributed by atoms with Crippen LogP contribution in [0, 0.1) is 0 Å². The lowest BCUT2D eigenvalue weighted by Gasteiger charge is -2.34. The molecule has 96 valence electrons. The minimum atomic E-state index is 0.319. The zero-order valence-electron chi connectivity index (χ0n) is 11.0. The average molecular weight is 228 g/mol. The standard InChI is InChI=1S/C13H28N2O/c1-3-15(10-6-12-16)11-8-13-7-4-5-9-14(13)2/h13,16H,3-12H2,1-2H3. The van der Waals surface area contributed by atoms with Gasteiger partial charge in [0.15, 0.2) is 0 Å². The fourth-order valence-electron chi connectivity index (χ4n) is 2.56. The van der Waals surface area contributed by atoms with Crippen molar-refractivity contribution in [3.05, 3.63) is 0 Å². The van der Waals surface area contributed by atoms with Gasteiger partial charge < -0.3 is 14.9 Å². The summed E-state index contributed by atoms with van der Waals surface area (Å²) in [5.74, 6) is 0. The van der Waals surface area contributed by atoms with E-state index in [1.165, 1.54) is 38.8 Å². The van der Waals surface area contributed by atoms with Gasteiger partial charge >= 0.3 is 0 Å². The fourth-order valence-corrected chi connectivity index (χ4v) is 2.56. The van der Waals surface area contributed by atoms with E-state index in [2.05, 4.69) is 23.8 Å². The summed E-state index contributed by atoms with van der Waals surface area (Å²) in [6, 6.07) is 0.789. The summed E-state index contributed by atoms with van der Waals surface area (Å²) in [4.78, 5) is 4.97. The predicted molar refractivity (Wildman–Crippen MR) is 68.7 cm³/mol. The highest BCUT2D eigenvalue weighted by Crippen LogP contribution is 2.17. The van der Waals surface area contributed by atoms with Crippen molar-refractivity contribution >= 4 is 0 Å². The first-order valence-corrected chi connectivity index (χ1v) is 6.81. The van der Waals surface area contributed by atoms with Crippen LogP contribution in [0.2, 0.25) is 0 Å². The molecule has 0 aromatic rings. The molecule has 0 aromatic carbocycles. The van der Waals surface area contributed by atoms with E-state index in [0.29, 0.717) is 6.61 Å². The van der Waals surface area contributed by atoms with E-state index in [-0.39, 0.29) is 0 Å². The first-order valence-electron chi connectivity index (χ1n) is 6.81. The summed E-state index contributed by atoms with van der Waals surface area (Å²) in [5, 5.41) is 8.83. The van der Waals surface area contributed by atoms with Crippen LogP contribution in [-0.2, 0) is 0 Å². The SMILES string of the molecule is CCN(CCCO)CCC1CCCCN1C. The Kier molecular flexibility index (Phi) is 7.01. The summed E-state index contributed by atoms with van der Waals surface area (Å²) in [6.07, 6.45) is 6.34. The van der Waals surface area contributed by atoms with Crippen molar-refractivity contribution in [2.24, 2.45) is 0 Å². The molecule has 0 bridgehead atoms. The Hall–Kier alpha value is -0.120. The third kappa shape index (κ3) is 4.81. The van der Waals surface area contributed by atoms with Crippen LogP contribution in [0.1, 0.15) is 39.0 Å². The van der Waals surface area contributed by atoms with Crippen LogP contribution in [0.5, 0.6) is 0 Å². The molecule has 1 saturated heterocycles. The Bertz CT molecular complexity index is 175. The monoisotopic (exact) mass is 228 g/mol. The van der Waals surface area contributed by atoms with Crippen molar-refractivity contribution in [2.45, 2.75) is 45.1 Å². The molecule has 0 aliphatic carbocycles. The summed E-state index contributed by atoms with van der Waals surface area (Å²) < 4.78 is 0. The number of hydrogen-bond donors (Lipinski definition) is 1. The summed E-state index contributed by atoms with van der Waals surface area (Å²) in [7, 11) is 2.26. The first kappa shape index (κ1) is 13.9. The molecule has 1 aliphatic rings. The number of hydrogen-bond acceptors (Lipinski definition) is 3. The van der Waals surface area contributed by atoms with Crippen LogP contribution in [0.25, 0.3) is 0 Å². The lowest BCUT2D eigenvalue weighted by Crippen LogP contribution is -2.39. The number of rotatable bonds is 7. The van der Waals surface area contributed by atoms with Gasteiger partial charge in [-0.1, -0.05) is 13.3 Å². The molecule has 16 heavy (non-hydrogen) atoms. The van der Waals surface area contributed by atoms with E-state index in [0.717, 1.165) is 25.6 Å². The number of nitrogens with zero attached hydrogens (tertiary/aromatic N) is 2. The number of aliphatic hydroxyl groups is 1. The fraction of sp³-hybridized carbons (Fsp3) is 1.00. The number of aliphatic hydroxyl groups excluding tert-OH is 1. The van der Waals surface area contributed by atoms with Crippen molar-refractivity contribution in [1.82, 2.24) is 9.80 Å². The predicted octanol–water partition coefficient (Wildman–Crippen LogP) is 1.57. The topological polar surface area (TPSA) is 26.7 Å². The second kappa shape index (κ2) is 8.04. The highest BCUT2D eigenvalue weighted by molar-refractivity contribution is 4.75. The Morgan fingerprint density at radius 3 is 2.75 bits per heavy atom. The van der Waals surface area contributed by atoms with Crippen LogP contribution in [-0.4, -0.2) is 60.8 Å². The van der Waals surface area contributed by atoms with Crippen molar-refractivity contribution in [1.29, 1.82) is 0 Å². The van der Waals surface area contributed by atoms with Crippen LogP contribution in [0.15, 0.2) is 0 Å². The first-order chi connectivity index (χ1) is 7.77. The van der Waals surface area contributed by atoms with E-state index < -0.39 is 0 Å². The van der Waals surface area contributed by atoms with Gasteiger partial charge in [0.25, 0.3) is 0 Å². The maximum atomic E-state index is 8.83. The molecular weight excluding hydrogens is 200 g/mol. The average Bonchev–Trinajstić information content (AvgIpc) is 2.31. The lowest BCUT2D eigenvalue weighted by molar-refractivity contribution is 0.151. The van der Waals surface area contributed by atoms with E-state index in [9.17, 15) is 0 Å². The van der Waals surface area contributed by atoms with Gasteiger partial charge in [0.1, 0.15) is 0 Å². The zero-order valence-corrected chi connectivity index (χ0v) is 11.0. The highest BCUT2D eigenvalue weighted by Gasteiger charge is 2.18. The van der Waals surface area contributed by atoms with Gasteiger partial charge in [-0.25, -0.2) is 0 Å². The van der Waals surface area contributed by atoms with Crippen molar-refractivity contribution < 1.29 is 5.11 Å². The second-order valence-corrected chi connectivity index (χ2v) is 4.93. The number of likely N-dealkylation sites (tertiary alicyclic amines) is 1. The van der Waals surface area contributed by atoms with Gasteiger partial charge in [-0.15, -0.1) is 0 Å². The molecule has 1 N–H and O–H groups in total. The van der Waals surface area contributed by atoms with E-state index >= 15 is 0 Å². The molecule has 0 radical (unpaired) electrons. The molecular formula is C13H28N2O. The Morgan fingerprint density at radius 1 is 1.31 bits per heavy atom. The van der Waals surface area contributed by atoms with Gasteiger partial charge in [-0.2, -0.15) is 0 Å². The van der Waals surface area contributed by atoms with E-state index in [4.69, 9.17) is 5.11 Å². The smallest absolute Gasteiger partial charge is 0.0443 e. The van der Waals surface area contributed by atoms with Crippen molar-refractivity contribution in [3.8, 4) is 0 Å². The Labute approximate surface area is 100 Å². The van der Waals surface area contributed by atoms with Gasteiger partial charge in [0.05, 0.1) is 0 Å². The van der Waals surface area contributed by atoms with Crippen LogP contribution < -0.4 is 0 Å². The van der Waals surface area contributed by atoms with E-state index in [1.807, 2.05) is 0 Å². The van der Waals surface area contributed by atoms with Gasteiger partial charge in [0.2, 0.25) is 0 Å². The van der Waals surface area contributed by atoms with Crippen molar-refractivity contribution in [3.63, 3.8) is 0 Å². The largest absolute Gasteiger partial charge is 0.396 e. The summed E-state index contributed by atoms with van der Waals surface area (Å²) >= 11 is 0. The second-order valence-electron chi connectivity index (χ2n) is 4.93. The summed E-state index contributed by atoms with van der Waals surface area (Å²) in [6.45, 7) is 7.14. The maximum Gasteiger partial charge on any atom is 0.0443 e. The normalized spacial score (nSPS) is 22.9. The van der Waals surface area contributed by atoms with Gasteiger partial charge in [-0.3, -0.25) is 0 Å². The third-order valence-electron chi connectivity index (χ3n) is 3.78. The molecule has 1 rings (SSSR count). The quantitative estimate of drug-likeness (QED) is 0.716. The van der Waals surface area contributed by atoms with Gasteiger partial charge in [-0.05, 0) is 52.4 Å². The molecule has 0 amide bonds. The molecule has 3 heteroatoms. The third-order valence-corrected chi connectivity index (χ3v) is 3.78. The van der Waals surface area contributed by atoms with Gasteiger partial charge in [0, 0.05) is 19.2 Å². The molecule has 1 unspecified atom stereocenters. The minimum Gasteiger partial charge on any atom is -0.396 e. The van der Waals surface area contributed by atoms with Crippen LogP contribution in [0.3, 0.4) is 0 Å². The molecule has 3 nitrogen and oxygen atoms in total. The highest BCUT2D eigenvalue weighted by atomic mass is 16.3. The number of piperidine rings is 1. The molecule has 1 heterocycles. The molecule has 0 spiro atoms. The molecule has 1 atom stereocenters. The lowest BCUT2D eigenvalue weighted by atomic mass is 10.00. The molecule has 1 fully saturated rings. The zero-order chi connectivity index (χ0) is 11.8. The Morgan fingerprint density at radius 2 is 2.12 bits per heavy atom.